The molecule has 0 spiro atoms. The van der Waals surface area contributed by atoms with Gasteiger partial charge < -0.3 is 20.3 Å². The molecule has 1 unspecified atom stereocenters. The summed E-state index contributed by atoms with van der Waals surface area (Å²) in [5, 5.41) is 19.5. The summed E-state index contributed by atoms with van der Waals surface area (Å²) < 4.78 is 4.37. The third kappa shape index (κ3) is 3.95. The molecule has 0 saturated carbocycles. The first-order valence-corrected chi connectivity index (χ1v) is 4.48. The fourth-order valence-corrected chi connectivity index (χ4v) is 0.913. The van der Waals surface area contributed by atoms with Gasteiger partial charge in [0.05, 0.1) is 13.7 Å². The largest absolute Gasteiger partial charge is 0.467 e. The van der Waals surface area contributed by atoms with Crippen molar-refractivity contribution in [2.24, 2.45) is 0 Å². The summed E-state index contributed by atoms with van der Waals surface area (Å²) in [5.41, 5.74) is 0. The van der Waals surface area contributed by atoms with Gasteiger partial charge in [-0.2, -0.15) is 12.6 Å². The number of nitrogens with one attached hydrogen (secondary N) is 1. The summed E-state index contributed by atoms with van der Waals surface area (Å²) in [7, 11) is 1.17. The Kier molecular flexibility index (Phi) is 6.26. The minimum Gasteiger partial charge on any atom is -0.467 e. The standard InChI is InChI=1S/C7H13NO5S/c1-13-7(12)4(3-14)8-6(11)5(10)2-9/h4-5,9-10,14H,2-3H2,1H3,(H,8,11)/t4-,5?/m0/s1. The molecule has 0 aliphatic carbocycles. The van der Waals surface area contributed by atoms with Crippen molar-refractivity contribution in [3.05, 3.63) is 0 Å². The molecule has 0 heterocycles. The Labute approximate surface area is 86.7 Å². The smallest absolute Gasteiger partial charge is 0.329 e. The second kappa shape index (κ2) is 6.63. The van der Waals surface area contributed by atoms with Crippen LogP contribution in [0.15, 0.2) is 0 Å². The summed E-state index contributed by atoms with van der Waals surface area (Å²) in [6.45, 7) is -0.702. The molecule has 0 aromatic carbocycles. The van der Waals surface area contributed by atoms with E-state index in [0.29, 0.717) is 0 Å². The second-order valence-electron chi connectivity index (χ2n) is 2.47. The molecular weight excluding hydrogens is 210 g/mol. The third-order valence-electron chi connectivity index (χ3n) is 1.46. The summed E-state index contributed by atoms with van der Waals surface area (Å²) in [6.07, 6.45) is -1.54. The fraction of sp³-hybridized carbons (Fsp3) is 0.714. The molecule has 0 aliphatic rings. The van der Waals surface area contributed by atoms with Crippen molar-refractivity contribution in [3.63, 3.8) is 0 Å². The molecule has 14 heavy (non-hydrogen) atoms. The number of thiol groups is 1. The maximum Gasteiger partial charge on any atom is 0.329 e. The molecular formula is C7H13NO5S. The Morgan fingerprint density at radius 3 is 2.50 bits per heavy atom. The van der Waals surface area contributed by atoms with Gasteiger partial charge >= 0.3 is 5.97 Å². The molecule has 82 valence electrons. The monoisotopic (exact) mass is 223 g/mol. The zero-order valence-electron chi connectivity index (χ0n) is 7.64. The molecule has 0 aromatic rings. The second-order valence-corrected chi connectivity index (χ2v) is 2.83. The van der Waals surface area contributed by atoms with Gasteiger partial charge in [0.2, 0.25) is 0 Å². The lowest BCUT2D eigenvalue weighted by molar-refractivity contribution is -0.146. The van der Waals surface area contributed by atoms with Crippen LogP contribution in [0.4, 0.5) is 0 Å². The molecule has 1 amide bonds. The van der Waals surface area contributed by atoms with Gasteiger partial charge in [0.15, 0.2) is 6.10 Å². The molecule has 0 aromatic heterocycles. The van der Waals surface area contributed by atoms with Crippen LogP contribution in [0.25, 0.3) is 0 Å². The predicted octanol–water partition coefficient (Wildman–Crippen LogP) is -2.07. The highest BCUT2D eigenvalue weighted by Gasteiger charge is 2.23. The number of hydrogen-bond acceptors (Lipinski definition) is 6. The lowest BCUT2D eigenvalue weighted by atomic mass is 10.3. The lowest BCUT2D eigenvalue weighted by Gasteiger charge is -2.15. The van der Waals surface area contributed by atoms with Crippen molar-refractivity contribution in [1.82, 2.24) is 5.32 Å². The molecule has 6 nitrogen and oxygen atoms in total. The van der Waals surface area contributed by atoms with Crippen LogP contribution < -0.4 is 5.32 Å². The van der Waals surface area contributed by atoms with Crippen molar-refractivity contribution in [1.29, 1.82) is 0 Å². The van der Waals surface area contributed by atoms with Crippen molar-refractivity contribution in [3.8, 4) is 0 Å². The number of rotatable bonds is 5. The van der Waals surface area contributed by atoms with Gasteiger partial charge in [-0.1, -0.05) is 0 Å². The lowest BCUT2D eigenvalue weighted by Crippen LogP contribution is -2.47. The highest BCUT2D eigenvalue weighted by atomic mass is 32.1. The van der Waals surface area contributed by atoms with Gasteiger partial charge in [0.25, 0.3) is 5.91 Å². The van der Waals surface area contributed by atoms with E-state index in [-0.39, 0.29) is 5.75 Å². The number of methoxy groups -OCH3 is 1. The van der Waals surface area contributed by atoms with Gasteiger partial charge in [-0.25, -0.2) is 4.79 Å². The molecule has 0 saturated heterocycles. The zero-order valence-corrected chi connectivity index (χ0v) is 8.53. The number of esters is 1. The van der Waals surface area contributed by atoms with E-state index in [9.17, 15) is 9.59 Å². The van der Waals surface area contributed by atoms with Gasteiger partial charge in [0, 0.05) is 5.75 Å². The van der Waals surface area contributed by atoms with Crippen molar-refractivity contribution in [2.75, 3.05) is 19.5 Å². The Bertz CT molecular complexity index is 210. The van der Waals surface area contributed by atoms with Crippen molar-refractivity contribution in [2.45, 2.75) is 12.1 Å². The molecule has 7 heteroatoms. The van der Waals surface area contributed by atoms with E-state index in [1.54, 1.807) is 0 Å². The highest BCUT2D eigenvalue weighted by molar-refractivity contribution is 7.80. The Morgan fingerprint density at radius 1 is 1.57 bits per heavy atom. The zero-order chi connectivity index (χ0) is 11.1. The Hall–Kier alpha value is -0.790. The number of carbonyl (C=O) groups is 2. The van der Waals surface area contributed by atoms with Crippen LogP contribution in [0.2, 0.25) is 0 Å². The van der Waals surface area contributed by atoms with E-state index in [4.69, 9.17) is 10.2 Å². The van der Waals surface area contributed by atoms with E-state index in [1.807, 2.05) is 0 Å². The number of carbonyl (C=O) groups excluding carboxylic acids is 2. The maximum atomic E-state index is 11.0. The van der Waals surface area contributed by atoms with Gasteiger partial charge in [0.1, 0.15) is 6.04 Å². The molecule has 0 radical (unpaired) electrons. The first-order valence-electron chi connectivity index (χ1n) is 3.84. The summed E-state index contributed by atoms with van der Waals surface area (Å²) in [4.78, 5) is 22.0. The third-order valence-corrected chi connectivity index (χ3v) is 1.83. The number of ether oxygens (including phenoxy) is 1. The predicted molar refractivity (Wildman–Crippen MR) is 50.9 cm³/mol. The maximum absolute atomic E-state index is 11.0. The first kappa shape index (κ1) is 13.2. The van der Waals surface area contributed by atoms with E-state index in [0.717, 1.165) is 0 Å². The number of amides is 1. The normalized spacial score (nSPS) is 14.3. The Morgan fingerprint density at radius 2 is 2.14 bits per heavy atom. The van der Waals surface area contributed by atoms with E-state index in [2.05, 4.69) is 22.7 Å². The minimum atomic E-state index is -1.54. The minimum absolute atomic E-state index is 0.0521. The van der Waals surface area contributed by atoms with Gasteiger partial charge in [-0.15, -0.1) is 0 Å². The molecule has 0 aliphatic heterocycles. The highest BCUT2D eigenvalue weighted by Crippen LogP contribution is 1.93. The Balaban J connectivity index is 4.18. The van der Waals surface area contributed by atoms with Gasteiger partial charge in [-0.3, -0.25) is 4.79 Å². The average molecular weight is 223 g/mol. The average Bonchev–Trinajstić information content (AvgIpc) is 2.22. The molecule has 2 atom stereocenters. The summed E-state index contributed by atoms with van der Waals surface area (Å²) in [6, 6.07) is -0.919. The van der Waals surface area contributed by atoms with Crippen LogP contribution in [-0.2, 0) is 14.3 Å². The van der Waals surface area contributed by atoms with Gasteiger partial charge in [-0.05, 0) is 0 Å². The molecule has 0 fully saturated rings. The van der Waals surface area contributed by atoms with Crippen LogP contribution in [0.3, 0.4) is 0 Å². The topological polar surface area (TPSA) is 95.9 Å². The van der Waals surface area contributed by atoms with Crippen LogP contribution in [0.5, 0.6) is 0 Å². The van der Waals surface area contributed by atoms with Crippen LogP contribution in [0.1, 0.15) is 0 Å². The van der Waals surface area contributed by atoms with Crippen molar-refractivity contribution >= 4 is 24.5 Å². The van der Waals surface area contributed by atoms with Crippen LogP contribution in [0, 0.1) is 0 Å². The van der Waals surface area contributed by atoms with E-state index in [1.165, 1.54) is 7.11 Å². The SMILES string of the molecule is COC(=O)[C@H](CS)NC(=O)C(O)CO. The first-order chi connectivity index (χ1) is 6.56. The number of hydrogen-bond donors (Lipinski definition) is 4. The quantitative estimate of drug-likeness (QED) is 0.317. The van der Waals surface area contributed by atoms with Crippen molar-refractivity contribution < 1.29 is 24.5 Å². The van der Waals surface area contributed by atoms with E-state index >= 15 is 0 Å². The van der Waals surface area contributed by atoms with Crippen LogP contribution in [-0.4, -0.2) is 53.7 Å². The number of aliphatic hydroxyl groups is 2. The summed E-state index contributed by atoms with van der Waals surface area (Å²) in [5.74, 6) is -1.44. The molecule has 0 bridgehead atoms. The number of aliphatic hydroxyl groups excluding tert-OH is 2. The fourth-order valence-electron chi connectivity index (χ4n) is 0.672. The molecule has 3 N–H and O–H groups in total. The van der Waals surface area contributed by atoms with E-state index < -0.39 is 30.6 Å². The summed E-state index contributed by atoms with van der Waals surface area (Å²) >= 11 is 3.82. The van der Waals surface area contributed by atoms with Crippen LogP contribution >= 0.6 is 12.6 Å². The molecule has 0 rings (SSSR count).